The molecule has 0 aliphatic rings. The molecule has 0 amide bonds. The molecular formula is C14H20BrN3O. The van der Waals surface area contributed by atoms with Crippen LogP contribution in [0.4, 0.5) is 5.69 Å². The fraction of sp³-hybridized carbons (Fsp3) is 0.571. The first kappa shape index (κ1) is 15.8. The normalized spacial score (nSPS) is 12.8. The molecule has 0 bridgehead atoms. The second-order valence-corrected chi connectivity index (χ2v) is 6.48. The predicted octanol–water partition coefficient (Wildman–Crippen LogP) is 2.73. The van der Waals surface area contributed by atoms with Gasteiger partial charge in [0.05, 0.1) is 11.9 Å². The summed E-state index contributed by atoms with van der Waals surface area (Å²) in [5.41, 5.74) is 0.700. The SMILES string of the molecule is C#CCn1ncc(NCC(C)C(C)(C)C)c(Br)c1=O. The van der Waals surface area contributed by atoms with Gasteiger partial charge in [-0.3, -0.25) is 4.79 Å². The van der Waals surface area contributed by atoms with Crippen molar-refractivity contribution < 1.29 is 0 Å². The van der Waals surface area contributed by atoms with Gasteiger partial charge in [0.2, 0.25) is 0 Å². The van der Waals surface area contributed by atoms with Gasteiger partial charge in [0.15, 0.2) is 0 Å². The lowest BCUT2D eigenvalue weighted by Crippen LogP contribution is -2.27. The van der Waals surface area contributed by atoms with Gasteiger partial charge in [-0.15, -0.1) is 6.42 Å². The highest BCUT2D eigenvalue weighted by molar-refractivity contribution is 9.10. The molecule has 0 aliphatic heterocycles. The highest BCUT2D eigenvalue weighted by Crippen LogP contribution is 2.26. The van der Waals surface area contributed by atoms with Crippen LogP contribution in [-0.2, 0) is 6.54 Å². The average Bonchev–Trinajstić information content (AvgIpc) is 2.32. The van der Waals surface area contributed by atoms with Crippen LogP contribution in [0.1, 0.15) is 27.7 Å². The molecule has 0 saturated heterocycles. The number of aromatic nitrogens is 2. The maximum Gasteiger partial charge on any atom is 0.284 e. The third-order valence-corrected chi connectivity index (χ3v) is 4.07. The number of nitrogens with zero attached hydrogens (tertiary/aromatic N) is 2. The molecule has 1 heterocycles. The first-order chi connectivity index (χ1) is 8.77. The maximum absolute atomic E-state index is 11.9. The van der Waals surface area contributed by atoms with E-state index in [9.17, 15) is 4.79 Å². The molecule has 0 radical (unpaired) electrons. The summed E-state index contributed by atoms with van der Waals surface area (Å²) in [6.45, 7) is 9.71. The molecule has 1 aromatic rings. The molecule has 1 rings (SSSR count). The quantitative estimate of drug-likeness (QED) is 0.866. The van der Waals surface area contributed by atoms with Gasteiger partial charge in [-0.2, -0.15) is 5.10 Å². The van der Waals surface area contributed by atoms with E-state index in [4.69, 9.17) is 6.42 Å². The zero-order chi connectivity index (χ0) is 14.6. The molecule has 19 heavy (non-hydrogen) atoms. The molecule has 104 valence electrons. The van der Waals surface area contributed by atoms with E-state index >= 15 is 0 Å². The topological polar surface area (TPSA) is 46.9 Å². The van der Waals surface area contributed by atoms with Gasteiger partial charge in [-0.05, 0) is 27.3 Å². The van der Waals surface area contributed by atoms with Crippen molar-refractivity contribution in [2.75, 3.05) is 11.9 Å². The lowest BCUT2D eigenvalue weighted by molar-refractivity contribution is 0.274. The van der Waals surface area contributed by atoms with Crippen molar-refractivity contribution >= 4 is 21.6 Å². The van der Waals surface area contributed by atoms with Crippen molar-refractivity contribution in [3.05, 3.63) is 21.0 Å². The van der Waals surface area contributed by atoms with E-state index in [0.717, 1.165) is 6.54 Å². The van der Waals surface area contributed by atoms with Crippen molar-refractivity contribution in [3.8, 4) is 12.3 Å². The summed E-state index contributed by atoms with van der Waals surface area (Å²) < 4.78 is 1.72. The van der Waals surface area contributed by atoms with E-state index in [2.05, 4.69) is 60.0 Å². The largest absolute Gasteiger partial charge is 0.382 e. The minimum atomic E-state index is -0.216. The Morgan fingerprint density at radius 2 is 2.21 bits per heavy atom. The van der Waals surface area contributed by atoms with Crippen LogP contribution in [0.2, 0.25) is 0 Å². The van der Waals surface area contributed by atoms with Crippen LogP contribution in [-0.4, -0.2) is 16.3 Å². The van der Waals surface area contributed by atoms with Crippen LogP contribution in [0, 0.1) is 23.7 Å². The molecule has 0 spiro atoms. The number of hydrogen-bond donors (Lipinski definition) is 1. The van der Waals surface area contributed by atoms with Crippen LogP contribution >= 0.6 is 15.9 Å². The van der Waals surface area contributed by atoms with E-state index in [1.54, 1.807) is 6.20 Å². The highest BCUT2D eigenvalue weighted by atomic mass is 79.9. The molecule has 0 saturated carbocycles. The number of hydrogen-bond acceptors (Lipinski definition) is 3. The van der Waals surface area contributed by atoms with Crippen molar-refractivity contribution in [2.45, 2.75) is 34.2 Å². The molecule has 1 atom stereocenters. The van der Waals surface area contributed by atoms with Crippen molar-refractivity contribution in [1.82, 2.24) is 9.78 Å². The van der Waals surface area contributed by atoms with Crippen molar-refractivity contribution in [1.29, 1.82) is 0 Å². The van der Waals surface area contributed by atoms with Gasteiger partial charge in [-0.25, -0.2) is 4.68 Å². The second kappa shape index (κ2) is 6.25. The molecule has 0 fully saturated rings. The Bertz CT molecular complexity index is 537. The lowest BCUT2D eigenvalue weighted by atomic mass is 9.82. The fourth-order valence-corrected chi connectivity index (χ4v) is 1.80. The number of halogens is 1. The molecule has 0 aliphatic carbocycles. The molecule has 1 unspecified atom stereocenters. The summed E-state index contributed by atoms with van der Waals surface area (Å²) in [6, 6.07) is 0. The number of terminal acetylenes is 1. The van der Waals surface area contributed by atoms with Crippen LogP contribution < -0.4 is 10.9 Å². The Labute approximate surface area is 122 Å². The highest BCUT2D eigenvalue weighted by Gasteiger charge is 2.20. The Hall–Kier alpha value is -1.28. The number of rotatable bonds is 4. The summed E-state index contributed by atoms with van der Waals surface area (Å²) in [5, 5.41) is 7.29. The monoisotopic (exact) mass is 325 g/mol. The molecule has 1 N–H and O–H groups in total. The Morgan fingerprint density at radius 3 is 2.74 bits per heavy atom. The first-order valence-corrected chi connectivity index (χ1v) is 6.99. The van der Waals surface area contributed by atoms with E-state index in [0.29, 0.717) is 16.1 Å². The van der Waals surface area contributed by atoms with Gasteiger partial charge >= 0.3 is 0 Å². The standard InChI is InChI=1S/C14H20BrN3O/c1-6-7-18-13(19)12(15)11(9-17-18)16-8-10(2)14(3,4)5/h1,9-10,16H,7-8H2,2-5H3. The van der Waals surface area contributed by atoms with Gasteiger partial charge in [-0.1, -0.05) is 33.6 Å². The van der Waals surface area contributed by atoms with Gasteiger partial charge in [0, 0.05) is 6.54 Å². The van der Waals surface area contributed by atoms with Crippen LogP contribution in [0.3, 0.4) is 0 Å². The van der Waals surface area contributed by atoms with Gasteiger partial charge in [0.25, 0.3) is 5.56 Å². The predicted molar refractivity (Wildman–Crippen MR) is 82.1 cm³/mol. The van der Waals surface area contributed by atoms with Crippen molar-refractivity contribution in [3.63, 3.8) is 0 Å². The minimum absolute atomic E-state index is 0.177. The third kappa shape index (κ3) is 4.10. The zero-order valence-corrected chi connectivity index (χ0v) is 13.4. The Kier molecular flexibility index (Phi) is 5.19. The Balaban J connectivity index is 2.85. The average molecular weight is 326 g/mol. The van der Waals surface area contributed by atoms with E-state index in [1.807, 2.05) is 0 Å². The number of anilines is 1. The number of nitrogens with one attached hydrogen (secondary N) is 1. The van der Waals surface area contributed by atoms with Gasteiger partial charge in [0.1, 0.15) is 11.0 Å². The fourth-order valence-electron chi connectivity index (χ4n) is 1.36. The molecular weight excluding hydrogens is 306 g/mol. The second-order valence-electron chi connectivity index (χ2n) is 5.69. The van der Waals surface area contributed by atoms with Crippen molar-refractivity contribution in [2.24, 2.45) is 11.3 Å². The molecule has 0 aromatic carbocycles. The van der Waals surface area contributed by atoms with E-state index in [-0.39, 0.29) is 17.5 Å². The van der Waals surface area contributed by atoms with Crippen LogP contribution in [0.25, 0.3) is 0 Å². The smallest absolute Gasteiger partial charge is 0.284 e. The maximum atomic E-state index is 11.9. The summed E-state index contributed by atoms with van der Waals surface area (Å²) in [4.78, 5) is 11.9. The summed E-state index contributed by atoms with van der Waals surface area (Å²) in [7, 11) is 0. The third-order valence-electron chi connectivity index (χ3n) is 3.30. The lowest BCUT2D eigenvalue weighted by Gasteiger charge is -2.27. The first-order valence-electron chi connectivity index (χ1n) is 6.20. The van der Waals surface area contributed by atoms with Gasteiger partial charge < -0.3 is 5.32 Å². The Morgan fingerprint density at radius 1 is 1.58 bits per heavy atom. The summed E-state index contributed by atoms with van der Waals surface area (Å²) in [6.07, 6.45) is 6.81. The minimum Gasteiger partial charge on any atom is -0.382 e. The summed E-state index contributed by atoms with van der Waals surface area (Å²) >= 11 is 3.30. The van der Waals surface area contributed by atoms with Crippen LogP contribution in [0.5, 0.6) is 0 Å². The zero-order valence-electron chi connectivity index (χ0n) is 11.8. The van der Waals surface area contributed by atoms with E-state index < -0.39 is 0 Å². The molecule has 4 nitrogen and oxygen atoms in total. The summed E-state index contributed by atoms with van der Waals surface area (Å²) in [5.74, 6) is 2.87. The van der Waals surface area contributed by atoms with E-state index in [1.165, 1.54) is 4.68 Å². The molecule has 1 aromatic heterocycles. The van der Waals surface area contributed by atoms with Crippen LogP contribution in [0.15, 0.2) is 15.5 Å². The molecule has 5 heteroatoms.